The van der Waals surface area contributed by atoms with Crippen molar-refractivity contribution >= 4 is 10.9 Å². The van der Waals surface area contributed by atoms with Gasteiger partial charge in [-0.3, -0.25) is 0 Å². The number of para-hydroxylation sites is 1. The SMILES string of the molecule is Oc1cc(F)cc(-n2ccc3ccccc32)c1. The molecule has 3 heteroatoms. The van der Waals surface area contributed by atoms with Gasteiger partial charge in [-0.1, -0.05) is 18.2 Å². The lowest BCUT2D eigenvalue weighted by molar-refractivity contribution is 0.469. The van der Waals surface area contributed by atoms with Crippen molar-refractivity contribution in [3.05, 3.63) is 60.5 Å². The fourth-order valence-corrected chi connectivity index (χ4v) is 2.01. The van der Waals surface area contributed by atoms with Crippen molar-refractivity contribution < 1.29 is 9.50 Å². The Kier molecular flexibility index (Phi) is 2.11. The van der Waals surface area contributed by atoms with E-state index < -0.39 is 5.82 Å². The summed E-state index contributed by atoms with van der Waals surface area (Å²) in [6, 6.07) is 13.8. The highest BCUT2D eigenvalue weighted by Gasteiger charge is 2.05. The Bertz CT molecular complexity index is 667. The molecule has 0 aliphatic rings. The molecule has 17 heavy (non-hydrogen) atoms. The summed E-state index contributed by atoms with van der Waals surface area (Å²) in [6.07, 6.45) is 1.86. The lowest BCUT2D eigenvalue weighted by atomic mass is 10.2. The molecule has 0 fully saturated rings. The van der Waals surface area contributed by atoms with Crippen LogP contribution in [0, 0.1) is 5.82 Å². The molecular formula is C14H10FNO. The van der Waals surface area contributed by atoms with Crippen LogP contribution < -0.4 is 0 Å². The minimum Gasteiger partial charge on any atom is -0.508 e. The number of benzene rings is 2. The van der Waals surface area contributed by atoms with Crippen LogP contribution in [0.4, 0.5) is 4.39 Å². The fourth-order valence-electron chi connectivity index (χ4n) is 2.01. The summed E-state index contributed by atoms with van der Waals surface area (Å²) in [4.78, 5) is 0. The largest absolute Gasteiger partial charge is 0.508 e. The molecule has 0 amide bonds. The van der Waals surface area contributed by atoms with E-state index in [9.17, 15) is 9.50 Å². The van der Waals surface area contributed by atoms with E-state index in [0.29, 0.717) is 5.69 Å². The molecule has 0 atom stereocenters. The molecule has 0 spiro atoms. The van der Waals surface area contributed by atoms with Gasteiger partial charge in [0.1, 0.15) is 11.6 Å². The molecule has 0 unspecified atom stereocenters. The number of nitrogens with zero attached hydrogens (tertiary/aromatic N) is 1. The zero-order valence-corrected chi connectivity index (χ0v) is 8.97. The van der Waals surface area contributed by atoms with E-state index in [0.717, 1.165) is 17.0 Å². The van der Waals surface area contributed by atoms with E-state index in [2.05, 4.69) is 0 Å². The minimum atomic E-state index is -0.446. The Hall–Kier alpha value is -2.29. The van der Waals surface area contributed by atoms with Gasteiger partial charge in [-0.25, -0.2) is 4.39 Å². The molecule has 0 aliphatic carbocycles. The Morgan fingerprint density at radius 3 is 2.65 bits per heavy atom. The predicted octanol–water partition coefficient (Wildman–Crippen LogP) is 3.48. The number of hydrogen-bond donors (Lipinski definition) is 1. The maximum Gasteiger partial charge on any atom is 0.128 e. The first-order chi connectivity index (χ1) is 8.24. The number of aromatic nitrogens is 1. The number of fused-ring (bicyclic) bond motifs is 1. The maximum absolute atomic E-state index is 13.2. The van der Waals surface area contributed by atoms with Gasteiger partial charge in [-0.15, -0.1) is 0 Å². The van der Waals surface area contributed by atoms with Crippen molar-refractivity contribution in [1.29, 1.82) is 0 Å². The first-order valence-corrected chi connectivity index (χ1v) is 5.30. The summed E-state index contributed by atoms with van der Waals surface area (Å²) in [7, 11) is 0. The van der Waals surface area contributed by atoms with E-state index in [1.54, 1.807) is 0 Å². The van der Waals surface area contributed by atoms with Crippen molar-refractivity contribution in [2.24, 2.45) is 0 Å². The molecule has 3 rings (SSSR count). The Morgan fingerprint density at radius 1 is 1.00 bits per heavy atom. The summed E-state index contributed by atoms with van der Waals surface area (Å²) >= 11 is 0. The quantitative estimate of drug-likeness (QED) is 0.676. The third kappa shape index (κ3) is 1.65. The smallest absolute Gasteiger partial charge is 0.128 e. The second-order valence-corrected chi connectivity index (χ2v) is 3.91. The van der Waals surface area contributed by atoms with Crippen molar-refractivity contribution in [3.8, 4) is 11.4 Å². The number of phenols is 1. The normalized spacial score (nSPS) is 10.9. The number of rotatable bonds is 1. The van der Waals surface area contributed by atoms with Gasteiger partial charge >= 0.3 is 0 Å². The third-order valence-corrected chi connectivity index (χ3v) is 2.74. The second-order valence-electron chi connectivity index (χ2n) is 3.91. The maximum atomic E-state index is 13.2. The van der Waals surface area contributed by atoms with E-state index in [4.69, 9.17) is 0 Å². The molecule has 1 N–H and O–H groups in total. The highest BCUT2D eigenvalue weighted by atomic mass is 19.1. The highest BCUT2D eigenvalue weighted by Crippen LogP contribution is 2.23. The van der Waals surface area contributed by atoms with Gasteiger partial charge in [0.15, 0.2) is 0 Å². The van der Waals surface area contributed by atoms with Crippen LogP contribution in [-0.2, 0) is 0 Å². The van der Waals surface area contributed by atoms with Crippen LogP contribution >= 0.6 is 0 Å². The molecule has 0 radical (unpaired) electrons. The van der Waals surface area contributed by atoms with E-state index >= 15 is 0 Å². The summed E-state index contributed by atoms with van der Waals surface area (Å²) < 4.78 is 15.1. The highest BCUT2D eigenvalue weighted by molar-refractivity contribution is 5.81. The second kappa shape index (κ2) is 3.63. The van der Waals surface area contributed by atoms with Crippen LogP contribution in [0.15, 0.2) is 54.7 Å². The first-order valence-electron chi connectivity index (χ1n) is 5.30. The Balaban J connectivity index is 2.27. The van der Waals surface area contributed by atoms with Gasteiger partial charge in [0.2, 0.25) is 0 Å². The molecule has 0 bridgehead atoms. The lowest BCUT2D eigenvalue weighted by Gasteiger charge is -2.06. The van der Waals surface area contributed by atoms with E-state index in [1.165, 1.54) is 12.1 Å². The van der Waals surface area contributed by atoms with E-state index in [1.807, 2.05) is 41.1 Å². The molecule has 84 valence electrons. The van der Waals surface area contributed by atoms with Crippen LogP contribution in [-0.4, -0.2) is 9.67 Å². The van der Waals surface area contributed by atoms with Gasteiger partial charge in [-0.05, 0) is 23.6 Å². The van der Waals surface area contributed by atoms with Crippen LogP contribution in [0.1, 0.15) is 0 Å². The van der Waals surface area contributed by atoms with Gasteiger partial charge in [0, 0.05) is 18.3 Å². The molecule has 0 saturated carbocycles. The summed E-state index contributed by atoms with van der Waals surface area (Å²) in [5.74, 6) is -0.518. The van der Waals surface area contributed by atoms with Crippen molar-refractivity contribution in [2.75, 3.05) is 0 Å². The summed E-state index contributed by atoms with van der Waals surface area (Å²) in [5, 5.41) is 10.5. The van der Waals surface area contributed by atoms with Gasteiger partial charge in [-0.2, -0.15) is 0 Å². The van der Waals surface area contributed by atoms with Crippen molar-refractivity contribution in [3.63, 3.8) is 0 Å². The summed E-state index contributed by atoms with van der Waals surface area (Å²) in [5.41, 5.74) is 1.60. The molecule has 0 aliphatic heterocycles. The lowest BCUT2D eigenvalue weighted by Crippen LogP contribution is -1.92. The third-order valence-electron chi connectivity index (χ3n) is 2.74. The number of halogens is 1. The average molecular weight is 227 g/mol. The molecule has 2 aromatic carbocycles. The molecule has 0 saturated heterocycles. The topological polar surface area (TPSA) is 25.2 Å². The average Bonchev–Trinajstić information content (AvgIpc) is 2.71. The van der Waals surface area contributed by atoms with Crippen LogP contribution in [0.5, 0.6) is 5.75 Å². The number of aromatic hydroxyl groups is 1. The van der Waals surface area contributed by atoms with E-state index in [-0.39, 0.29) is 5.75 Å². The monoisotopic (exact) mass is 227 g/mol. The Labute approximate surface area is 97.5 Å². The Morgan fingerprint density at radius 2 is 1.82 bits per heavy atom. The molecule has 1 aromatic heterocycles. The minimum absolute atomic E-state index is 0.0715. The molecule has 1 heterocycles. The van der Waals surface area contributed by atoms with Crippen LogP contribution in [0.25, 0.3) is 16.6 Å². The molecule has 2 nitrogen and oxygen atoms in total. The van der Waals surface area contributed by atoms with Crippen LogP contribution in [0.2, 0.25) is 0 Å². The fraction of sp³-hybridized carbons (Fsp3) is 0. The predicted molar refractivity (Wildman–Crippen MR) is 64.9 cm³/mol. The molecule has 3 aromatic rings. The van der Waals surface area contributed by atoms with Gasteiger partial charge in [0.25, 0.3) is 0 Å². The first kappa shape index (κ1) is 9.90. The van der Waals surface area contributed by atoms with Gasteiger partial charge in [0.05, 0.1) is 11.2 Å². The number of hydrogen-bond acceptors (Lipinski definition) is 1. The van der Waals surface area contributed by atoms with Crippen LogP contribution in [0.3, 0.4) is 0 Å². The van der Waals surface area contributed by atoms with Crippen molar-refractivity contribution in [2.45, 2.75) is 0 Å². The zero-order chi connectivity index (χ0) is 11.8. The standard InChI is InChI=1S/C14H10FNO/c15-11-7-12(9-13(17)8-11)16-6-5-10-3-1-2-4-14(10)16/h1-9,17H. The van der Waals surface area contributed by atoms with Crippen molar-refractivity contribution in [1.82, 2.24) is 4.57 Å². The summed E-state index contributed by atoms with van der Waals surface area (Å²) in [6.45, 7) is 0. The zero-order valence-electron chi connectivity index (χ0n) is 8.97. The number of phenolic OH excluding ortho intramolecular Hbond substituents is 1. The molecular weight excluding hydrogens is 217 g/mol. The van der Waals surface area contributed by atoms with Gasteiger partial charge < -0.3 is 9.67 Å².